The number of amides is 2. The van der Waals surface area contributed by atoms with E-state index < -0.39 is 12.0 Å². The molecular weight excluding hydrogens is 246 g/mol. The van der Waals surface area contributed by atoms with Crippen molar-refractivity contribution < 1.29 is 14.7 Å². The number of rotatable bonds is 6. The van der Waals surface area contributed by atoms with Crippen molar-refractivity contribution in [1.29, 1.82) is 0 Å². The zero-order valence-corrected chi connectivity index (χ0v) is 11.2. The third-order valence-electron chi connectivity index (χ3n) is 2.46. The second-order valence-corrected chi connectivity index (χ2v) is 4.41. The van der Waals surface area contributed by atoms with Crippen molar-refractivity contribution in [2.75, 3.05) is 39.0 Å². The minimum atomic E-state index is -1.03. The smallest absolute Gasteiger partial charge is 0.323 e. The van der Waals surface area contributed by atoms with Crippen LogP contribution >= 0.6 is 0 Å². The largest absolute Gasteiger partial charge is 0.480 e. The summed E-state index contributed by atoms with van der Waals surface area (Å²) in [5.41, 5.74) is 0.646. The quantitative estimate of drug-likeness (QED) is 0.809. The number of benzene rings is 1. The first-order valence-corrected chi connectivity index (χ1v) is 5.96. The lowest BCUT2D eigenvalue weighted by Gasteiger charge is -2.23. The third-order valence-corrected chi connectivity index (χ3v) is 2.46. The van der Waals surface area contributed by atoms with Gasteiger partial charge in [0.1, 0.15) is 6.54 Å². The van der Waals surface area contributed by atoms with Gasteiger partial charge in [-0.1, -0.05) is 18.2 Å². The first-order valence-electron chi connectivity index (χ1n) is 5.96. The Labute approximate surface area is 112 Å². The van der Waals surface area contributed by atoms with E-state index in [0.29, 0.717) is 18.8 Å². The fourth-order valence-corrected chi connectivity index (χ4v) is 1.46. The second kappa shape index (κ2) is 7.38. The van der Waals surface area contributed by atoms with E-state index in [1.165, 1.54) is 4.90 Å². The summed E-state index contributed by atoms with van der Waals surface area (Å²) in [6.45, 7) is 0.653. The first-order chi connectivity index (χ1) is 8.99. The van der Waals surface area contributed by atoms with Crippen LogP contribution in [0, 0.1) is 0 Å². The standard InChI is InChI=1S/C13H19N3O3/c1-15(2)8-9-16(10-12(17)18)13(19)14-11-6-4-3-5-7-11/h3-7H,8-10H2,1-2H3,(H,14,19)(H,17,18). The minimum Gasteiger partial charge on any atom is -0.480 e. The van der Waals surface area contributed by atoms with E-state index in [-0.39, 0.29) is 6.54 Å². The Morgan fingerprint density at radius 1 is 1.16 bits per heavy atom. The van der Waals surface area contributed by atoms with Crippen molar-refractivity contribution >= 4 is 17.7 Å². The number of nitrogens with one attached hydrogen (secondary N) is 1. The Morgan fingerprint density at radius 3 is 2.32 bits per heavy atom. The van der Waals surface area contributed by atoms with Crippen molar-refractivity contribution in [1.82, 2.24) is 9.80 Å². The molecule has 0 radical (unpaired) electrons. The lowest BCUT2D eigenvalue weighted by molar-refractivity contribution is -0.137. The van der Waals surface area contributed by atoms with Gasteiger partial charge in [0, 0.05) is 18.8 Å². The topological polar surface area (TPSA) is 72.9 Å². The van der Waals surface area contributed by atoms with E-state index in [2.05, 4.69) is 5.32 Å². The highest BCUT2D eigenvalue weighted by atomic mass is 16.4. The van der Waals surface area contributed by atoms with E-state index in [1.54, 1.807) is 24.3 Å². The van der Waals surface area contributed by atoms with Gasteiger partial charge in [0.25, 0.3) is 0 Å². The van der Waals surface area contributed by atoms with Gasteiger partial charge >= 0.3 is 12.0 Å². The van der Waals surface area contributed by atoms with Crippen LogP contribution in [-0.2, 0) is 4.79 Å². The molecule has 0 atom stereocenters. The van der Waals surface area contributed by atoms with Crippen molar-refractivity contribution in [2.24, 2.45) is 0 Å². The molecule has 0 heterocycles. The molecule has 6 nitrogen and oxygen atoms in total. The van der Waals surface area contributed by atoms with E-state index in [0.717, 1.165) is 0 Å². The van der Waals surface area contributed by atoms with E-state index in [9.17, 15) is 9.59 Å². The van der Waals surface area contributed by atoms with Crippen LogP contribution in [0.5, 0.6) is 0 Å². The van der Waals surface area contributed by atoms with Gasteiger partial charge in [0.2, 0.25) is 0 Å². The first kappa shape index (κ1) is 15.0. The van der Waals surface area contributed by atoms with Gasteiger partial charge < -0.3 is 20.2 Å². The molecule has 0 spiro atoms. The van der Waals surface area contributed by atoms with Gasteiger partial charge in [-0.3, -0.25) is 4.79 Å². The van der Waals surface area contributed by atoms with Gasteiger partial charge in [-0.2, -0.15) is 0 Å². The maximum Gasteiger partial charge on any atom is 0.323 e. The maximum atomic E-state index is 12.0. The predicted molar refractivity (Wildman–Crippen MR) is 73.2 cm³/mol. The molecule has 2 N–H and O–H groups in total. The molecule has 0 aliphatic heterocycles. The highest BCUT2D eigenvalue weighted by molar-refractivity contribution is 5.91. The Balaban J connectivity index is 2.62. The van der Waals surface area contributed by atoms with Gasteiger partial charge in [-0.25, -0.2) is 4.79 Å². The maximum absolute atomic E-state index is 12.0. The van der Waals surface area contributed by atoms with Crippen LogP contribution < -0.4 is 5.32 Å². The molecule has 0 saturated carbocycles. The zero-order valence-electron chi connectivity index (χ0n) is 11.2. The normalized spacial score (nSPS) is 10.3. The van der Waals surface area contributed by atoms with Crippen LogP contribution in [0.15, 0.2) is 30.3 Å². The Kier molecular flexibility index (Phi) is 5.81. The number of urea groups is 1. The molecule has 1 aromatic rings. The van der Waals surface area contributed by atoms with Crippen LogP contribution in [0.1, 0.15) is 0 Å². The molecule has 0 fully saturated rings. The molecule has 0 aromatic heterocycles. The van der Waals surface area contributed by atoms with Crippen LogP contribution in [-0.4, -0.2) is 60.6 Å². The number of nitrogens with zero attached hydrogens (tertiary/aromatic N) is 2. The lowest BCUT2D eigenvalue weighted by Crippen LogP contribution is -2.42. The molecule has 1 aromatic carbocycles. The minimum absolute atomic E-state index is 0.313. The van der Waals surface area contributed by atoms with Crippen molar-refractivity contribution in [2.45, 2.75) is 0 Å². The number of hydrogen-bond acceptors (Lipinski definition) is 3. The average molecular weight is 265 g/mol. The van der Waals surface area contributed by atoms with Gasteiger partial charge in [-0.15, -0.1) is 0 Å². The Morgan fingerprint density at radius 2 is 1.79 bits per heavy atom. The summed E-state index contributed by atoms with van der Waals surface area (Å²) in [6, 6.07) is 8.55. The number of carboxylic acid groups (broad SMARTS) is 1. The van der Waals surface area contributed by atoms with Crippen molar-refractivity contribution in [3.05, 3.63) is 30.3 Å². The molecule has 1 rings (SSSR count). The lowest BCUT2D eigenvalue weighted by atomic mass is 10.3. The number of carbonyl (C=O) groups is 2. The fourth-order valence-electron chi connectivity index (χ4n) is 1.46. The molecule has 0 unspecified atom stereocenters. The summed E-state index contributed by atoms with van der Waals surface area (Å²) in [6.07, 6.45) is 0. The van der Waals surface area contributed by atoms with Crippen LogP contribution in [0.4, 0.5) is 10.5 Å². The van der Waals surface area contributed by atoms with E-state index in [1.807, 2.05) is 25.1 Å². The highest BCUT2D eigenvalue weighted by Gasteiger charge is 2.16. The highest BCUT2D eigenvalue weighted by Crippen LogP contribution is 2.06. The van der Waals surface area contributed by atoms with Crippen molar-refractivity contribution in [3.63, 3.8) is 0 Å². The summed E-state index contributed by atoms with van der Waals surface area (Å²) < 4.78 is 0. The van der Waals surface area contributed by atoms with Crippen LogP contribution in [0.3, 0.4) is 0 Å². The van der Waals surface area contributed by atoms with Crippen LogP contribution in [0.2, 0.25) is 0 Å². The van der Waals surface area contributed by atoms with Gasteiger partial charge in [0.15, 0.2) is 0 Å². The SMILES string of the molecule is CN(C)CCN(CC(=O)O)C(=O)Nc1ccccc1. The summed E-state index contributed by atoms with van der Waals surface area (Å²) in [7, 11) is 3.74. The number of carbonyl (C=O) groups excluding carboxylic acids is 1. The number of carboxylic acids is 1. The van der Waals surface area contributed by atoms with E-state index in [4.69, 9.17) is 5.11 Å². The number of aliphatic carboxylic acids is 1. The second-order valence-electron chi connectivity index (χ2n) is 4.41. The molecule has 2 amide bonds. The summed E-state index contributed by atoms with van der Waals surface area (Å²) >= 11 is 0. The van der Waals surface area contributed by atoms with Crippen LogP contribution in [0.25, 0.3) is 0 Å². The number of para-hydroxylation sites is 1. The molecule has 104 valence electrons. The number of hydrogen-bond donors (Lipinski definition) is 2. The Bertz CT molecular complexity index is 420. The Hall–Kier alpha value is -2.08. The average Bonchev–Trinajstić information content (AvgIpc) is 2.35. The molecule has 0 saturated heterocycles. The number of anilines is 1. The van der Waals surface area contributed by atoms with Gasteiger partial charge in [-0.05, 0) is 26.2 Å². The molecule has 0 bridgehead atoms. The zero-order chi connectivity index (χ0) is 14.3. The third kappa shape index (κ3) is 5.87. The summed E-state index contributed by atoms with van der Waals surface area (Å²) in [4.78, 5) is 25.9. The predicted octanol–water partition coefficient (Wildman–Crippen LogP) is 1.17. The monoisotopic (exact) mass is 265 g/mol. The van der Waals surface area contributed by atoms with Gasteiger partial charge in [0.05, 0.1) is 0 Å². The molecule has 0 aliphatic carbocycles. The van der Waals surface area contributed by atoms with E-state index >= 15 is 0 Å². The molecule has 19 heavy (non-hydrogen) atoms. The molecule has 6 heteroatoms. The van der Waals surface area contributed by atoms with Crippen molar-refractivity contribution in [3.8, 4) is 0 Å². The summed E-state index contributed by atoms with van der Waals surface area (Å²) in [5, 5.41) is 11.5. The summed E-state index contributed by atoms with van der Waals surface area (Å²) in [5.74, 6) is -1.03. The fraction of sp³-hybridized carbons (Fsp3) is 0.385. The molecular formula is C13H19N3O3. The molecule has 0 aliphatic rings. The number of likely N-dealkylation sites (N-methyl/N-ethyl adjacent to an activating group) is 1.